The van der Waals surface area contributed by atoms with Crippen LogP contribution in [0.1, 0.15) is 11.0 Å². The fourth-order valence-electron chi connectivity index (χ4n) is 3.53. The van der Waals surface area contributed by atoms with Gasteiger partial charge in [-0.15, -0.1) is 11.3 Å². The molecular formula is C16H20ClN5O3S. The first kappa shape index (κ1) is 17.9. The van der Waals surface area contributed by atoms with Crippen LogP contribution in [0, 0.1) is 0 Å². The molecule has 1 amide bonds. The van der Waals surface area contributed by atoms with Crippen LogP contribution in [0.2, 0.25) is 0 Å². The number of hydrogen-bond acceptors (Lipinski definition) is 7. The van der Waals surface area contributed by atoms with Gasteiger partial charge in [-0.1, -0.05) is 11.6 Å². The zero-order chi connectivity index (χ0) is 18.1. The Balaban J connectivity index is 1.62. The molecule has 0 radical (unpaired) electrons. The number of rotatable bonds is 3. The number of halogens is 1. The minimum Gasteiger partial charge on any atom is -0.465 e. The number of amides is 1. The van der Waals surface area contributed by atoms with Gasteiger partial charge in [-0.3, -0.25) is 9.80 Å². The Kier molecular flexibility index (Phi) is 5.23. The number of alkyl halides is 1. The first-order valence-electron chi connectivity index (χ1n) is 8.53. The first-order valence-corrected chi connectivity index (χ1v) is 9.78. The molecule has 1 N–H and O–H groups in total. The van der Waals surface area contributed by atoms with Crippen molar-refractivity contribution in [3.8, 4) is 0 Å². The van der Waals surface area contributed by atoms with Gasteiger partial charge < -0.3 is 14.7 Å². The van der Waals surface area contributed by atoms with E-state index < -0.39 is 6.09 Å². The van der Waals surface area contributed by atoms with Gasteiger partial charge in [0.25, 0.3) is 0 Å². The van der Waals surface area contributed by atoms with Crippen LogP contribution >= 0.6 is 22.9 Å². The molecule has 2 saturated heterocycles. The molecule has 0 saturated carbocycles. The third kappa shape index (κ3) is 3.63. The fraction of sp³-hybridized carbons (Fsp3) is 0.562. The second kappa shape index (κ2) is 7.61. The van der Waals surface area contributed by atoms with Crippen molar-refractivity contribution in [1.29, 1.82) is 0 Å². The molecule has 4 heterocycles. The van der Waals surface area contributed by atoms with Crippen LogP contribution in [-0.4, -0.2) is 87.3 Å². The van der Waals surface area contributed by atoms with E-state index in [1.54, 1.807) is 17.7 Å². The van der Waals surface area contributed by atoms with Gasteiger partial charge in [0.2, 0.25) is 0 Å². The molecule has 140 valence electrons. The summed E-state index contributed by atoms with van der Waals surface area (Å²) in [7, 11) is 0. The summed E-state index contributed by atoms with van der Waals surface area (Å²) in [6.07, 6.45) is 2.57. The summed E-state index contributed by atoms with van der Waals surface area (Å²) in [5.41, 5.74) is 0.602. The van der Waals surface area contributed by atoms with Gasteiger partial charge in [0, 0.05) is 50.3 Å². The van der Waals surface area contributed by atoms with E-state index in [1.807, 2.05) is 6.20 Å². The summed E-state index contributed by atoms with van der Waals surface area (Å²) >= 11 is 7.92. The van der Waals surface area contributed by atoms with Crippen molar-refractivity contribution < 1.29 is 14.6 Å². The number of piperazine rings is 1. The quantitative estimate of drug-likeness (QED) is 0.792. The lowest BCUT2D eigenvalue weighted by molar-refractivity contribution is -0.0571. The van der Waals surface area contributed by atoms with Crippen LogP contribution in [0.5, 0.6) is 0 Å². The van der Waals surface area contributed by atoms with E-state index >= 15 is 0 Å². The molecule has 2 aromatic rings. The van der Waals surface area contributed by atoms with Gasteiger partial charge in [-0.2, -0.15) is 0 Å². The topological polar surface area (TPSA) is 82.0 Å². The van der Waals surface area contributed by atoms with E-state index in [0.29, 0.717) is 39.3 Å². The fourth-order valence-corrected chi connectivity index (χ4v) is 4.95. The van der Waals surface area contributed by atoms with Crippen LogP contribution < -0.4 is 0 Å². The van der Waals surface area contributed by atoms with E-state index in [2.05, 4.69) is 25.8 Å². The molecular weight excluding hydrogens is 378 g/mol. The SMILES string of the molecule is O=C(O)N1CCN(C(c2cc3ncncc3s2)N2CCOC(Cl)C2)CC1. The molecule has 26 heavy (non-hydrogen) atoms. The predicted octanol–water partition coefficient (Wildman–Crippen LogP) is 1.88. The number of aromatic nitrogens is 2. The van der Waals surface area contributed by atoms with E-state index in [0.717, 1.165) is 16.8 Å². The third-order valence-electron chi connectivity index (χ3n) is 4.80. The van der Waals surface area contributed by atoms with Crippen molar-refractivity contribution in [1.82, 2.24) is 24.7 Å². The molecule has 4 rings (SSSR count). The lowest BCUT2D eigenvalue weighted by Gasteiger charge is -2.44. The molecule has 0 spiro atoms. The number of carbonyl (C=O) groups is 1. The maximum absolute atomic E-state index is 11.2. The summed E-state index contributed by atoms with van der Waals surface area (Å²) in [6, 6.07) is 2.11. The monoisotopic (exact) mass is 397 g/mol. The van der Waals surface area contributed by atoms with Crippen molar-refractivity contribution in [2.45, 2.75) is 11.7 Å². The van der Waals surface area contributed by atoms with Crippen LogP contribution in [0.25, 0.3) is 10.2 Å². The summed E-state index contributed by atoms with van der Waals surface area (Å²) in [6.45, 7) is 4.38. The number of hydrogen-bond donors (Lipinski definition) is 1. The smallest absolute Gasteiger partial charge is 0.407 e. The second-order valence-electron chi connectivity index (χ2n) is 6.38. The number of carboxylic acid groups (broad SMARTS) is 1. The minimum absolute atomic E-state index is 0.0373. The Morgan fingerprint density at radius 2 is 2.12 bits per heavy atom. The molecule has 2 aromatic heterocycles. The molecule has 0 aromatic carbocycles. The van der Waals surface area contributed by atoms with E-state index in [9.17, 15) is 9.90 Å². The average Bonchev–Trinajstić information content (AvgIpc) is 3.06. The first-order chi connectivity index (χ1) is 12.6. The number of fused-ring (bicyclic) bond motifs is 1. The Hall–Kier alpha value is -1.52. The molecule has 10 heteroatoms. The molecule has 0 bridgehead atoms. The van der Waals surface area contributed by atoms with E-state index in [1.165, 1.54) is 9.78 Å². The Bertz CT molecular complexity index is 749. The highest BCUT2D eigenvalue weighted by molar-refractivity contribution is 7.19. The van der Waals surface area contributed by atoms with Crippen molar-refractivity contribution in [3.05, 3.63) is 23.5 Å². The number of nitrogens with zero attached hydrogens (tertiary/aromatic N) is 5. The largest absolute Gasteiger partial charge is 0.465 e. The Morgan fingerprint density at radius 1 is 1.31 bits per heavy atom. The second-order valence-corrected chi connectivity index (χ2v) is 7.98. The van der Waals surface area contributed by atoms with Gasteiger partial charge >= 0.3 is 6.09 Å². The molecule has 2 aliphatic heterocycles. The van der Waals surface area contributed by atoms with Crippen molar-refractivity contribution in [2.75, 3.05) is 45.9 Å². The standard InChI is InChI=1S/C16H20ClN5O3S/c17-14-9-22(5-6-25-14)15(20-1-3-21(4-2-20)16(23)24)12-7-11-13(26-12)8-18-10-19-11/h7-8,10,14-15H,1-6,9H2,(H,23,24). The average molecular weight is 398 g/mol. The highest BCUT2D eigenvalue weighted by Crippen LogP contribution is 2.35. The zero-order valence-electron chi connectivity index (χ0n) is 14.1. The molecule has 2 unspecified atom stereocenters. The van der Waals surface area contributed by atoms with Crippen LogP contribution in [0.15, 0.2) is 18.6 Å². The number of thiophene rings is 1. The predicted molar refractivity (Wildman–Crippen MR) is 98.5 cm³/mol. The molecule has 8 nitrogen and oxygen atoms in total. The van der Waals surface area contributed by atoms with Crippen molar-refractivity contribution in [3.63, 3.8) is 0 Å². The van der Waals surface area contributed by atoms with Gasteiger partial charge in [-0.25, -0.2) is 14.8 Å². The lowest BCUT2D eigenvalue weighted by Crippen LogP contribution is -2.54. The van der Waals surface area contributed by atoms with E-state index in [-0.39, 0.29) is 11.7 Å². The lowest BCUT2D eigenvalue weighted by atomic mass is 10.2. The number of ether oxygens (including phenoxy) is 1. The molecule has 2 atom stereocenters. The van der Waals surface area contributed by atoms with Crippen LogP contribution in [0.3, 0.4) is 0 Å². The maximum atomic E-state index is 11.2. The summed E-state index contributed by atoms with van der Waals surface area (Å²) in [5.74, 6) is 0. The highest BCUT2D eigenvalue weighted by atomic mass is 35.5. The van der Waals surface area contributed by atoms with Gasteiger partial charge in [0.1, 0.15) is 11.9 Å². The number of morpholine rings is 1. The van der Waals surface area contributed by atoms with Crippen molar-refractivity contribution >= 4 is 39.2 Å². The maximum Gasteiger partial charge on any atom is 0.407 e. The van der Waals surface area contributed by atoms with Crippen LogP contribution in [-0.2, 0) is 4.74 Å². The Morgan fingerprint density at radius 3 is 2.81 bits per heavy atom. The Labute approximate surface area is 159 Å². The normalized spacial score (nSPS) is 24.0. The third-order valence-corrected chi connectivity index (χ3v) is 6.16. The van der Waals surface area contributed by atoms with E-state index in [4.69, 9.17) is 16.3 Å². The minimum atomic E-state index is -0.856. The van der Waals surface area contributed by atoms with Crippen molar-refractivity contribution in [2.24, 2.45) is 0 Å². The zero-order valence-corrected chi connectivity index (χ0v) is 15.7. The summed E-state index contributed by atoms with van der Waals surface area (Å²) in [4.78, 5) is 27.0. The molecule has 0 aliphatic carbocycles. The molecule has 2 aliphatic rings. The van der Waals surface area contributed by atoms with Gasteiger partial charge in [0.05, 0.1) is 23.0 Å². The molecule has 2 fully saturated rings. The highest BCUT2D eigenvalue weighted by Gasteiger charge is 2.34. The van der Waals surface area contributed by atoms with Gasteiger partial charge in [-0.05, 0) is 6.07 Å². The van der Waals surface area contributed by atoms with Crippen LogP contribution in [0.4, 0.5) is 4.79 Å². The van der Waals surface area contributed by atoms with Gasteiger partial charge in [0.15, 0.2) is 0 Å². The summed E-state index contributed by atoms with van der Waals surface area (Å²) in [5, 5.41) is 9.21. The summed E-state index contributed by atoms with van der Waals surface area (Å²) < 4.78 is 6.54.